The number of hydrogen-bond donors (Lipinski definition) is 0. The van der Waals surface area contributed by atoms with Crippen molar-refractivity contribution in [3.63, 3.8) is 0 Å². The molecule has 1 fully saturated rings. The largest absolute Gasteiger partial charge is 0.472 e. The van der Waals surface area contributed by atoms with E-state index >= 15 is 0 Å². The smallest absolute Gasteiger partial charge is 0.0940 e. The van der Waals surface area contributed by atoms with Crippen molar-refractivity contribution in [3.05, 3.63) is 23.7 Å². The summed E-state index contributed by atoms with van der Waals surface area (Å²) in [5.41, 5.74) is 3.04. The molecule has 1 saturated carbocycles. The highest BCUT2D eigenvalue weighted by Crippen LogP contribution is 2.50. The van der Waals surface area contributed by atoms with E-state index in [0.717, 1.165) is 11.8 Å². The first-order valence-corrected chi connectivity index (χ1v) is 4.51. The Balaban J connectivity index is 2.15. The van der Waals surface area contributed by atoms with Gasteiger partial charge in [0.25, 0.3) is 0 Å². The molecule has 2 aliphatic rings. The Morgan fingerprint density at radius 3 is 2.36 bits per heavy atom. The predicted molar refractivity (Wildman–Crippen MR) is 42.7 cm³/mol. The lowest BCUT2D eigenvalue weighted by atomic mass is 9.87. The molecule has 1 heteroatoms. The highest BCUT2D eigenvalue weighted by molar-refractivity contribution is 5.35. The monoisotopic (exact) mass is 148 g/mol. The summed E-state index contributed by atoms with van der Waals surface area (Å²) in [5, 5.41) is 0. The lowest BCUT2D eigenvalue weighted by Crippen LogP contribution is -2.01. The average Bonchev–Trinajstić information content (AvgIpc) is 2.58. The van der Waals surface area contributed by atoms with Gasteiger partial charge in [-0.2, -0.15) is 0 Å². The molecule has 1 aromatic heterocycles. The molecular weight excluding hydrogens is 136 g/mol. The van der Waals surface area contributed by atoms with Gasteiger partial charge in [-0.1, -0.05) is 6.42 Å². The molecule has 0 N–H and O–H groups in total. The van der Waals surface area contributed by atoms with Crippen LogP contribution < -0.4 is 0 Å². The van der Waals surface area contributed by atoms with E-state index in [2.05, 4.69) is 0 Å². The van der Waals surface area contributed by atoms with Crippen LogP contribution in [0.2, 0.25) is 0 Å². The van der Waals surface area contributed by atoms with Crippen molar-refractivity contribution in [1.29, 1.82) is 0 Å². The summed E-state index contributed by atoms with van der Waals surface area (Å²) in [6, 6.07) is 0. The Hall–Kier alpha value is -0.720. The average molecular weight is 148 g/mol. The van der Waals surface area contributed by atoms with Crippen LogP contribution in [0.15, 0.2) is 16.9 Å². The molecule has 0 saturated heterocycles. The third-order valence-electron chi connectivity index (χ3n) is 3.28. The molecule has 0 aliphatic heterocycles. The molecule has 1 heterocycles. The Morgan fingerprint density at radius 2 is 1.73 bits per heavy atom. The van der Waals surface area contributed by atoms with Gasteiger partial charge in [0.15, 0.2) is 0 Å². The van der Waals surface area contributed by atoms with Crippen molar-refractivity contribution in [2.24, 2.45) is 0 Å². The number of rotatable bonds is 0. The minimum absolute atomic E-state index is 0.850. The molecule has 0 spiro atoms. The summed E-state index contributed by atoms with van der Waals surface area (Å²) in [7, 11) is 0. The van der Waals surface area contributed by atoms with E-state index in [9.17, 15) is 0 Å². The molecule has 0 aromatic carbocycles. The summed E-state index contributed by atoms with van der Waals surface area (Å²) in [4.78, 5) is 0. The van der Waals surface area contributed by atoms with Gasteiger partial charge in [-0.05, 0) is 42.2 Å². The molecule has 11 heavy (non-hydrogen) atoms. The van der Waals surface area contributed by atoms with Crippen LogP contribution in [0.3, 0.4) is 0 Å². The van der Waals surface area contributed by atoms with E-state index in [0.29, 0.717) is 0 Å². The van der Waals surface area contributed by atoms with Crippen LogP contribution >= 0.6 is 0 Å². The second kappa shape index (κ2) is 1.90. The normalized spacial score (nSPS) is 33.8. The van der Waals surface area contributed by atoms with Crippen LogP contribution in [0.1, 0.15) is 48.6 Å². The number of furan rings is 1. The van der Waals surface area contributed by atoms with Crippen molar-refractivity contribution in [3.8, 4) is 0 Å². The zero-order valence-corrected chi connectivity index (χ0v) is 6.55. The zero-order chi connectivity index (χ0) is 7.26. The van der Waals surface area contributed by atoms with E-state index in [1.165, 1.54) is 36.8 Å². The maximum atomic E-state index is 5.22. The van der Waals surface area contributed by atoms with Gasteiger partial charge in [0.2, 0.25) is 0 Å². The standard InChI is InChI=1S/C10H12O/c1-2-7-4-8(3-1)10-6-11-5-9(7)10/h5-8H,1-4H2/t7-,8+. The van der Waals surface area contributed by atoms with Crippen LogP contribution in [0, 0.1) is 0 Å². The topological polar surface area (TPSA) is 13.1 Å². The maximum absolute atomic E-state index is 5.22. The molecule has 2 bridgehead atoms. The summed E-state index contributed by atoms with van der Waals surface area (Å²) in [5.74, 6) is 1.70. The zero-order valence-electron chi connectivity index (χ0n) is 6.55. The van der Waals surface area contributed by atoms with Crippen LogP contribution in [0.5, 0.6) is 0 Å². The van der Waals surface area contributed by atoms with E-state index < -0.39 is 0 Å². The number of fused-ring (bicyclic) bond motifs is 5. The fraction of sp³-hybridized carbons (Fsp3) is 0.600. The molecule has 0 unspecified atom stereocenters. The van der Waals surface area contributed by atoms with Crippen LogP contribution in [-0.2, 0) is 0 Å². The first kappa shape index (κ1) is 5.87. The summed E-state index contributed by atoms with van der Waals surface area (Å²) in [6.07, 6.45) is 9.54. The van der Waals surface area contributed by atoms with Crippen molar-refractivity contribution in [2.45, 2.75) is 37.5 Å². The minimum atomic E-state index is 0.850. The highest BCUT2D eigenvalue weighted by Gasteiger charge is 2.35. The third-order valence-corrected chi connectivity index (χ3v) is 3.28. The first-order valence-electron chi connectivity index (χ1n) is 4.51. The van der Waals surface area contributed by atoms with E-state index in [1.807, 2.05) is 12.5 Å². The van der Waals surface area contributed by atoms with Gasteiger partial charge in [0, 0.05) is 0 Å². The molecular formula is C10H12O. The number of hydrogen-bond acceptors (Lipinski definition) is 1. The summed E-state index contributed by atoms with van der Waals surface area (Å²) in [6.45, 7) is 0. The fourth-order valence-electron chi connectivity index (χ4n) is 2.74. The Kier molecular flexibility index (Phi) is 1.02. The minimum Gasteiger partial charge on any atom is -0.472 e. The van der Waals surface area contributed by atoms with E-state index in [4.69, 9.17) is 4.42 Å². The van der Waals surface area contributed by atoms with Crippen LogP contribution in [0.4, 0.5) is 0 Å². The van der Waals surface area contributed by atoms with Crippen molar-refractivity contribution in [1.82, 2.24) is 0 Å². The van der Waals surface area contributed by atoms with Crippen LogP contribution in [-0.4, -0.2) is 0 Å². The molecule has 3 rings (SSSR count). The second-order valence-corrected chi connectivity index (χ2v) is 3.84. The molecule has 1 nitrogen and oxygen atoms in total. The van der Waals surface area contributed by atoms with Gasteiger partial charge in [-0.3, -0.25) is 0 Å². The van der Waals surface area contributed by atoms with Gasteiger partial charge >= 0.3 is 0 Å². The highest BCUT2D eigenvalue weighted by atomic mass is 16.3. The van der Waals surface area contributed by atoms with Gasteiger partial charge in [0.1, 0.15) is 0 Å². The molecule has 2 aliphatic carbocycles. The van der Waals surface area contributed by atoms with E-state index in [-0.39, 0.29) is 0 Å². The SMILES string of the molecule is c1occ2c1[C@@H]1CCC[C@H]2C1. The fourth-order valence-corrected chi connectivity index (χ4v) is 2.74. The predicted octanol–water partition coefficient (Wildman–Crippen LogP) is 3.03. The van der Waals surface area contributed by atoms with Crippen molar-refractivity contribution >= 4 is 0 Å². The first-order chi connectivity index (χ1) is 5.45. The maximum Gasteiger partial charge on any atom is 0.0940 e. The van der Waals surface area contributed by atoms with Gasteiger partial charge < -0.3 is 4.42 Å². The Morgan fingerprint density at radius 1 is 1.09 bits per heavy atom. The van der Waals surface area contributed by atoms with E-state index in [1.54, 1.807) is 0 Å². The third kappa shape index (κ3) is 0.661. The Bertz CT molecular complexity index is 250. The Labute approximate surface area is 66.4 Å². The van der Waals surface area contributed by atoms with Crippen LogP contribution in [0.25, 0.3) is 0 Å². The molecule has 0 amide bonds. The van der Waals surface area contributed by atoms with Crippen molar-refractivity contribution < 1.29 is 4.42 Å². The summed E-state index contributed by atoms with van der Waals surface area (Å²) >= 11 is 0. The lowest BCUT2D eigenvalue weighted by molar-refractivity contribution is 0.420. The summed E-state index contributed by atoms with van der Waals surface area (Å²) < 4.78 is 5.22. The van der Waals surface area contributed by atoms with Gasteiger partial charge in [-0.25, -0.2) is 0 Å². The molecule has 1 aromatic rings. The van der Waals surface area contributed by atoms with Gasteiger partial charge in [0.05, 0.1) is 12.5 Å². The quantitative estimate of drug-likeness (QED) is 0.551. The molecule has 0 radical (unpaired) electrons. The van der Waals surface area contributed by atoms with Gasteiger partial charge in [-0.15, -0.1) is 0 Å². The van der Waals surface area contributed by atoms with Crippen molar-refractivity contribution in [2.75, 3.05) is 0 Å². The lowest BCUT2D eigenvalue weighted by Gasteiger charge is -2.18. The second-order valence-electron chi connectivity index (χ2n) is 3.84. The molecule has 2 atom stereocenters. The molecule has 58 valence electrons.